The first-order valence-corrected chi connectivity index (χ1v) is 7.44. The van der Waals surface area contributed by atoms with Crippen molar-refractivity contribution in [1.29, 1.82) is 0 Å². The zero-order valence-electron chi connectivity index (χ0n) is 12.8. The number of ether oxygens (including phenoxy) is 1. The molecule has 4 heteroatoms. The summed E-state index contributed by atoms with van der Waals surface area (Å²) in [6.45, 7) is 1.43. The zero-order chi connectivity index (χ0) is 15.6. The molecule has 2 N–H and O–H groups in total. The minimum absolute atomic E-state index is 0.0314. The van der Waals surface area contributed by atoms with Gasteiger partial charge in [0.25, 0.3) is 0 Å². The van der Waals surface area contributed by atoms with Crippen LogP contribution in [0.5, 0.6) is 0 Å². The first-order chi connectivity index (χ1) is 10.8. The third-order valence-electron chi connectivity index (χ3n) is 3.29. The lowest BCUT2D eigenvalue weighted by Crippen LogP contribution is -2.12. The van der Waals surface area contributed by atoms with Crippen LogP contribution in [0.15, 0.2) is 54.6 Å². The summed E-state index contributed by atoms with van der Waals surface area (Å²) in [5, 5.41) is 6.15. The maximum Gasteiger partial charge on any atom is 0.224 e. The van der Waals surface area contributed by atoms with Crippen molar-refractivity contribution in [3.05, 3.63) is 60.2 Å². The van der Waals surface area contributed by atoms with E-state index in [1.54, 1.807) is 7.11 Å². The molecule has 0 saturated carbocycles. The van der Waals surface area contributed by atoms with Gasteiger partial charge in [-0.05, 0) is 36.2 Å². The van der Waals surface area contributed by atoms with Crippen molar-refractivity contribution in [3.8, 4) is 0 Å². The van der Waals surface area contributed by atoms with E-state index in [9.17, 15) is 4.79 Å². The Kier molecular flexibility index (Phi) is 6.45. The molecule has 0 bridgehead atoms. The molecule has 0 fully saturated rings. The molecule has 0 radical (unpaired) electrons. The van der Waals surface area contributed by atoms with Crippen molar-refractivity contribution in [3.63, 3.8) is 0 Å². The Balaban J connectivity index is 1.76. The lowest BCUT2D eigenvalue weighted by atomic mass is 10.1. The minimum Gasteiger partial charge on any atom is -0.383 e. The Hall–Kier alpha value is -2.33. The summed E-state index contributed by atoms with van der Waals surface area (Å²) in [6, 6.07) is 17.7. The molecule has 2 aromatic rings. The summed E-state index contributed by atoms with van der Waals surface area (Å²) in [5.74, 6) is 0.0314. The Morgan fingerprint density at radius 2 is 1.68 bits per heavy atom. The Labute approximate surface area is 131 Å². The van der Waals surface area contributed by atoms with Crippen LogP contribution in [0.4, 0.5) is 11.4 Å². The van der Waals surface area contributed by atoms with E-state index in [4.69, 9.17) is 4.74 Å². The number of nitrogens with one attached hydrogen (secondary N) is 2. The van der Waals surface area contributed by atoms with E-state index in [0.717, 1.165) is 24.3 Å². The third-order valence-corrected chi connectivity index (χ3v) is 3.29. The molecular weight excluding hydrogens is 276 g/mol. The standard InChI is InChI=1S/C18H22N2O2/c1-22-14-13-19-16-8-10-17(11-9-16)20-18(21)12-7-15-5-3-2-4-6-15/h2-6,8-11,19H,7,12-14H2,1H3,(H,20,21). The normalized spacial score (nSPS) is 10.2. The van der Waals surface area contributed by atoms with Crippen molar-refractivity contribution in [1.82, 2.24) is 0 Å². The lowest BCUT2D eigenvalue weighted by molar-refractivity contribution is -0.116. The maximum absolute atomic E-state index is 11.9. The highest BCUT2D eigenvalue weighted by atomic mass is 16.5. The smallest absolute Gasteiger partial charge is 0.224 e. The molecule has 0 aliphatic rings. The molecular formula is C18H22N2O2. The Morgan fingerprint density at radius 3 is 2.36 bits per heavy atom. The molecule has 0 saturated heterocycles. The quantitative estimate of drug-likeness (QED) is 0.735. The van der Waals surface area contributed by atoms with Gasteiger partial charge in [0.05, 0.1) is 6.61 Å². The molecule has 0 aliphatic carbocycles. The fraction of sp³-hybridized carbons (Fsp3) is 0.278. The molecule has 0 aromatic heterocycles. The van der Waals surface area contributed by atoms with Crippen LogP contribution in [0.3, 0.4) is 0 Å². The SMILES string of the molecule is COCCNc1ccc(NC(=O)CCc2ccccc2)cc1. The van der Waals surface area contributed by atoms with Gasteiger partial charge in [-0.1, -0.05) is 30.3 Å². The van der Waals surface area contributed by atoms with Crippen LogP contribution in [0, 0.1) is 0 Å². The number of rotatable bonds is 8. The van der Waals surface area contributed by atoms with Crippen molar-refractivity contribution in [2.75, 3.05) is 30.9 Å². The Bertz CT molecular complexity index is 567. The topological polar surface area (TPSA) is 50.4 Å². The van der Waals surface area contributed by atoms with Crippen LogP contribution >= 0.6 is 0 Å². The van der Waals surface area contributed by atoms with E-state index < -0.39 is 0 Å². The van der Waals surface area contributed by atoms with E-state index in [2.05, 4.69) is 10.6 Å². The molecule has 22 heavy (non-hydrogen) atoms. The number of methoxy groups -OCH3 is 1. The summed E-state index contributed by atoms with van der Waals surface area (Å²) >= 11 is 0. The van der Waals surface area contributed by atoms with Crippen LogP contribution in [0.2, 0.25) is 0 Å². The fourth-order valence-corrected chi connectivity index (χ4v) is 2.09. The summed E-state index contributed by atoms with van der Waals surface area (Å²) < 4.78 is 4.98. The van der Waals surface area contributed by atoms with Gasteiger partial charge in [-0.3, -0.25) is 4.79 Å². The molecule has 0 heterocycles. The van der Waals surface area contributed by atoms with Crippen molar-refractivity contribution >= 4 is 17.3 Å². The van der Waals surface area contributed by atoms with Crippen LogP contribution in [-0.4, -0.2) is 26.2 Å². The molecule has 116 valence electrons. The highest BCUT2D eigenvalue weighted by molar-refractivity contribution is 5.91. The summed E-state index contributed by atoms with van der Waals surface area (Å²) in [6.07, 6.45) is 1.24. The predicted octanol–water partition coefficient (Wildman–Crippen LogP) is 3.32. The number of aryl methyl sites for hydroxylation is 1. The number of hydrogen-bond acceptors (Lipinski definition) is 3. The van der Waals surface area contributed by atoms with Crippen LogP contribution in [0.1, 0.15) is 12.0 Å². The second-order valence-corrected chi connectivity index (χ2v) is 5.03. The second kappa shape index (κ2) is 8.85. The number of carbonyl (C=O) groups is 1. The average molecular weight is 298 g/mol. The monoisotopic (exact) mass is 298 g/mol. The molecule has 0 atom stereocenters. The van der Waals surface area contributed by atoms with E-state index in [0.29, 0.717) is 13.0 Å². The Morgan fingerprint density at radius 1 is 1.00 bits per heavy atom. The zero-order valence-corrected chi connectivity index (χ0v) is 12.8. The molecule has 0 aliphatic heterocycles. The first-order valence-electron chi connectivity index (χ1n) is 7.44. The van der Waals surface area contributed by atoms with Gasteiger partial charge in [0.2, 0.25) is 5.91 Å². The largest absolute Gasteiger partial charge is 0.383 e. The average Bonchev–Trinajstić information content (AvgIpc) is 2.56. The van der Waals surface area contributed by atoms with Crippen molar-refractivity contribution < 1.29 is 9.53 Å². The molecule has 0 spiro atoms. The summed E-state index contributed by atoms with van der Waals surface area (Å²) in [5.41, 5.74) is 3.00. The fourth-order valence-electron chi connectivity index (χ4n) is 2.09. The highest BCUT2D eigenvalue weighted by Crippen LogP contribution is 2.14. The van der Waals surface area contributed by atoms with Gasteiger partial charge in [-0.25, -0.2) is 0 Å². The minimum atomic E-state index is 0.0314. The van der Waals surface area contributed by atoms with E-state index in [-0.39, 0.29) is 5.91 Å². The maximum atomic E-state index is 11.9. The van der Waals surface area contributed by atoms with E-state index in [1.165, 1.54) is 5.56 Å². The van der Waals surface area contributed by atoms with Gasteiger partial charge < -0.3 is 15.4 Å². The van der Waals surface area contributed by atoms with Crippen molar-refractivity contribution in [2.24, 2.45) is 0 Å². The van der Waals surface area contributed by atoms with Crippen LogP contribution in [0.25, 0.3) is 0 Å². The van der Waals surface area contributed by atoms with Gasteiger partial charge in [0.15, 0.2) is 0 Å². The highest BCUT2D eigenvalue weighted by Gasteiger charge is 2.03. The van der Waals surface area contributed by atoms with Crippen molar-refractivity contribution in [2.45, 2.75) is 12.8 Å². The number of hydrogen-bond donors (Lipinski definition) is 2. The number of carbonyl (C=O) groups excluding carboxylic acids is 1. The van der Waals surface area contributed by atoms with Gasteiger partial charge in [-0.15, -0.1) is 0 Å². The number of benzene rings is 2. The van der Waals surface area contributed by atoms with E-state index >= 15 is 0 Å². The van der Waals surface area contributed by atoms with Crippen LogP contribution < -0.4 is 10.6 Å². The second-order valence-electron chi connectivity index (χ2n) is 5.03. The molecule has 1 amide bonds. The number of amides is 1. The van der Waals surface area contributed by atoms with Gasteiger partial charge in [0.1, 0.15) is 0 Å². The van der Waals surface area contributed by atoms with Gasteiger partial charge >= 0.3 is 0 Å². The summed E-state index contributed by atoms with van der Waals surface area (Å²) in [7, 11) is 1.68. The summed E-state index contributed by atoms with van der Waals surface area (Å²) in [4.78, 5) is 11.9. The molecule has 0 unspecified atom stereocenters. The third kappa shape index (κ3) is 5.58. The molecule has 2 aromatic carbocycles. The van der Waals surface area contributed by atoms with Gasteiger partial charge in [0, 0.05) is 31.5 Å². The molecule has 2 rings (SSSR count). The van der Waals surface area contributed by atoms with Crippen LogP contribution in [-0.2, 0) is 16.0 Å². The first kappa shape index (κ1) is 16.0. The number of anilines is 2. The lowest BCUT2D eigenvalue weighted by Gasteiger charge is -2.08. The van der Waals surface area contributed by atoms with E-state index in [1.807, 2.05) is 54.6 Å². The molecule has 4 nitrogen and oxygen atoms in total. The van der Waals surface area contributed by atoms with Gasteiger partial charge in [-0.2, -0.15) is 0 Å². The predicted molar refractivity (Wildman–Crippen MR) is 90.2 cm³/mol.